The van der Waals surface area contributed by atoms with E-state index in [4.69, 9.17) is 10.8 Å². The Kier molecular flexibility index (Phi) is 4.42. The molecule has 0 spiro atoms. The number of nitrogens with zero attached hydrogens (tertiary/aromatic N) is 1. The van der Waals surface area contributed by atoms with E-state index >= 15 is 0 Å². The van der Waals surface area contributed by atoms with Gasteiger partial charge in [-0.2, -0.15) is 0 Å². The van der Waals surface area contributed by atoms with Crippen LogP contribution in [0.3, 0.4) is 0 Å². The molecule has 2 rings (SSSR count). The number of nitrogens with two attached hydrogens (primary N) is 1. The molecule has 1 aliphatic carbocycles. The lowest BCUT2D eigenvalue weighted by atomic mass is 9.93. The molecule has 0 aromatic carbocycles. The molecule has 4 N–H and O–H groups in total. The Morgan fingerprint density at radius 3 is 2.53 bits per heavy atom. The molecule has 19 heavy (non-hydrogen) atoms. The number of aliphatic carboxylic acids is 1. The van der Waals surface area contributed by atoms with Crippen LogP contribution >= 0.6 is 0 Å². The average molecular weight is 270 g/mol. The van der Waals surface area contributed by atoms with Gasteiger partial charge in [-0.1, -0.05) is 19.3 Å². The highest BCUT2D eigenvalue weighted by molar-refractivity contribution is 5.86. The normalized spacial score (nSPS) is 36.0. The number of likely N-dealkylation sites (tertiary alicyclic amines) is 1. The van der Waals surface area contributed by atoms with Gasteiger partial charge in [-0.25, -0.2) is 4.79 Å². The van der Waals surface area contributed by atoms with Crippen molar-refractivity contribution in [3.63, 3.8) is 0 Å². The summed E-state index contributed by atoms with van der Waals surface area (Å²) in [6.07, 6.45) is 3.95. The zero-order chi connectivity index (χ0) is 14.0. The van der Waals surface area contributed by atoms with Gasteiger partial charge in [0, 0.05) is 19.0 Å². The number of β-amino-alcohol motifs (C(OH)–C–C–N with tert-alkyl or cyclic N) is 1. The summed E-state index contributed by atoms with van der Waals surface area (Å²) in [5.74, 6) is -1.54. The molecule has 1 aliphatic heterocycles. The summed E-state index contributed by atoms with van der Waals surface area (Å²) < 4.78 is 0. The quantitative estimate of drug-likeness (QED) is 0.610. The second kappa shape index (κ2) is 5.88. The lowest BCUT2D eigenvalue weighted by Gasteiger charge is -2.28. The molecule has 6 heteroatoms. The molecule has 0 aromatic rings. The first kappa shape index (κ1) is 14.3. The minimum atomic E-state index is -1.05. The van der Waals surface area contributed by atoms with Gasteiger partial charge in [0.2, 0.25) is 5.91 Å². The molecule has 0 bridgehead atoms. The van der Waals surface area contributed by atoms with Crippen LogP contribution in [-0.4, -0.2) is 51.7 Å². The van der Waals surface area contributed by atoms with Crippen LogP contribution in [-0.2, 0) is 9.59 Å². The maximum Gasteiger partial charge on any atom is 0.326 e. The number of carboxylic acids is 1. The van der Waals surface area contributed by atoms with Gasteiger partial charge in [0.1, 0.15) is 6.04 Å². The largest absolute Gasteiger partial charge is 0.480 e. The number of hydrogen-bond donors (Lipinski definition) is 3. The zero-order valence-corrected chi connectivity index (χ0v) is 11.0. The molecular formula is C13H22N2O4. The summed E-state index contributed by atoms with van der Waals surface area (Å²) in [5.41, 5.74) is 6.05. The smallest absolute Gasteiger partial charge is 0.326 e. The number of hydrogen-bond acceptors (Lipinski definition) is 4. The molecule has 0 aromatic heterocycles. The lowest BCUT2D eigenvalue weighted by molar-refractivity contribution is -0.150. The van der Waals surface area contributed by atoms with Gasteiger partial charge in [0.15, 0.2) is 0 Å². The van der Waals surface area contributed by atoms with E-state index in [0.717, 1.165) is 32.1 Å². The van der Waals surface area contributed by atoms with Gasteiger partial charge in [-0.15, -0.1) is 0 Å². The van der Waals surface area contributed by atoms with Crippen molar-refractivity contribution in [1.29, 1.82) is 0 Å². The van der Waals surface area contributed by atoms with Crippen molar-refractivity contribution in [1.82, 2.24) is 4.90 Å². The van der Waals surface area contributed by atoms with E-state index in [9.17, 15) is 14.7 Å². The fourth-order valence-corrected chi connectivity index (χ4v) is 3.15. The summed E-state index contributed by atoms with van der Waals surface area (Å²) in [6, 6.07) is -1.10. The highest BCUT2D eigenvalue weighted by atomic mass is 16.4. The summed E-state index contributed by atoms with van der Waals surface area (Å²) in [5, 5.41) is 18.7. The molecular weight excluding hydrogens is 248 g/mol. The molecule has 1 saturated carbocycles. The predicted octanol–water partition coefficient (Wildman–Crippen LogP) is -0.0596. The Labute approximate surface area is 112 Å². The van der Waals surface area contributed by atoms with Crippen LogP contribution in [0.2, 0.25) is 0 Å². The number of amides is 1. The van der Waals surface area contributed by atoms with Crippen LogP contribution < -0.4 is 5.73 Å². The number of rotatable bonds is 2. The maximum atomic E-state index is 12.5. The van der Waals surface area contributed by atoms with Gasteiger partial charge in [0.25, 0.3) is 0 Å². The summed E-state index contributed by atoms with van der Waals surface area (Å²) in [6.45, 7) is 0.110. The van der Waals surface area contributed by atoms with E-state index in [-0.39, 0.29) is 30.8 Å². The Morgan fingerprint density at radius 2 is 1.84 bits per heavy atom. The first-order chi connectivity index (χ1) is 9.00. The van der Waals surface area contributed by atoms with Crippen LogP contribution in [0, 0.1) is 5.92 Å². The number of aliphatic hydroxyl groups is 1. The molecule has 1 heterocycles. The van der Waals surface area contributed by atoms with E-state index < -0.39 is 18.1 Å². The SMILES string of the molecule is NC1CCCCCC1C(=O)N1CC(O)CC1C(=O)O. The molecule has 4 unspecified atom stereocenters. The van der Waals surface area contributed by atoms with Crippen molar-refractivity contribution in [3.8, 4) is 0 Å². The molecule has 2 aliphatic rings. The second-order valence-corrected chi connectivity index (χ2v) is 5.64. The van der Waals surface area contributed by atoms with E-state index in [2.05, 4.69) is 0 Å². The molecule has 108 valence electrons. The standard InChI is InChI=1S/C13H22N2O4/c14-10-5-3-1-2-4-9(10)12(17)15-7-8(16)6-11(15)13(18)19/h8-11,16H,1-7,14H2,(H,18,19). The Balaban J connectivity index is 2.10. The Morgan fingerprint density at radius 1 is 1.16 bits per heavy atom. The molecule has 6 nitrogen and oxygen atoms in total. The van der Waals surface area contributed by atoms with Gasteiger partial charge in [0.05, 0.1) is 12.0 Å². The monoisotopic (exact) mass is 270 g/mol. The predicted molar refractivity (Wildman–Crippen MR) is 68.3 cm³/mol. The van der Waals surface area contributed by atoms with Gasteiger partial charge >= 0.3 is 5.97 Å². The van der Waals surface area contributed by atoms with E-state index in [1.807, 2.05) is 0 Å². The number of carboxylic acid groups (broad SMARTS) is 1. The third kappa shape index (κ3) is 3.06. The first-order valence-electron chi connectivity index (χ1n) is 6.97. The highest BCUT2D eigenvalue weighted by Gasteiger charge is 2.42. The first-order valence-corrected chi connectivity index (χ1v) is 6.97. The number of carbonyl (C=O) groups is 2. The molecule has 1 amide bonds. The number of carbonyl (C=O) groups excluding carboxylic acids is 1. The zero-order valence-electron chi connectivity index (χ0n) is 11.0. The average Bonchev–Trinajstić information content (AvgIpc) is 2.62. The Hall–Kier alpha value is -1.14. The van der Waals surface area contributed by atoms with Gasteiger partial charge in [-0.05, 0) is 12.8 Å². The van der Waals surface area contributed by atoms with Crippen molar-refractivity contribution in [3.05, 3.63) is 0 Å². The minimum absolute atomic E-state index is 0.110. The summed E-state index contributed by atoms with van der Waals surface area (Å²) in [4.78, 5) is 25.0. The summed E-state index contributed by atoms with van der Waals surface area (Å²) in [7, 11) is 0. The maximum absolute atomic E-state index is 12.5. The third-order valence-corrected chi connectivity index (χ3v) is 4.23. The van der Waals surface area contributed by atoms with Gasteiger partial charge < -0.3 is 20.8 Å². The second-order valence-electron chi connectivity index (χ2n) is 5.64. The fraction of sp³-hybridized carbons (Fsp3) is 0.846. The minimum Gasteiger partial charge on any atom is -0.480 e. The van der Waals surface area contributed by atoms with Gasteiger partial charge in [-0.3, -0.25) is 4.79 Å². The van der Waals surface area contributed by atoms with E-state index in [0.29, 0.717) is 0 Å². The summed E-state index contributed by atoms with van der Waals surface area (Å²) >= 11 is 0. The molecule has 1 saturated heterocycles. The highest BCUT2D eigenvalue weighted by Crippen LogP contribution is 2.27. The van der Waals surface area contributed by atoms with Crippen LogP contribution in [0.4, 0.5) is 0 Å². The van der Waals surface area contributed by atoms with Crippen LogP contribution in [0.5, 0.6) is 0 Å². The van der Waals surface area contributed by atoms with Crippen LogP contribution in [0.1, 0.15) is 38.5 Å². The van der Waals surface area contributed by atoms with Crippen molar-refractivity contribution in [2.75, 3.05) is 6.54 Å². The van der Waals surface area contributed by atoms with E-state index in [1.165, 1.54) is 4.90 Å². The topological polar surface area (TPSA) is 104 Å². The van der Waals surface area contributed by atoms with Crippen LogP contribution in [0.15, 0.2) is 0 Å². The third-order valence-electron chi connectivity index (χ3n) is 4.23. The van der Waals surface area contributed by atoms with Crippen molar-refractivity contribution >= 4 is 11.9 Å². The number of aliphatic hydroxyl groups excluding tert-OH is 1. The Bertz CT molecular complexity index is 361. The lowest BCUT2D eigenvalue weighted by Crippen LogP contribution is -2.48. The fourth-order valence-electron chi connectivity index (χ4n) is 3.15. The van der Waals surface area contributed by atoms with Crippen LogP contribution in [0.25, 0.3) is 0 Å². The van der Waals surface area contributed by atoms with Crippen molar-refractivity contribution < 1.29 is 19.8 Å². The van der Waals surface area contributed by atoms with Crippen molar-refractivity contribution in [2.24, 2.45) is 11.7 Å². The van der Waals surface area contributed by atoms with E-state index in [1.54, 1.807) is 0 Å². The molecule has 2 fully saturated rings. The molecule has 4 atom stereocenters. The molecule has 0 radical (unpaired) electrons. The van der Waals surface area contributed by atoms with Crippen molar-refractivity contribution in [2.45, 2.75) is 56.7 Å².